The lowest BCUT2D eigenvalue weighted by molar-refractivity contribution is -0.126. The van der Waals surface area contributed by atoms with Gasteiger partial charge in [-0.2, -0.15) is 0 Å². The van der Waals surface area contributed by atoms with Gasteiger partial charge in [0.15, 0.2) is 0 Å². The number of thiol groups is 1. The van der Waals surface area contributed by atoms with E-state index in [-0.39, 0.29) is 0 Å². The molecule has 8 heavy (non-hydrogen) atoms. The molecule has 0 atom stereocenters. The van der Waals surface area contributed by atoms with Crippen LogP contribution in [0.1, 0.15) is 0 Å². The van der Waals surface area contributed by atoms with E-state index in [0.29, 0.717) is 0 Å². The van der Waals surface area contributed by atoms with Crippen LogP contribution in [0.2, 0.25) is 0 Å². The molecule has 0 spiro atoms. The highest BCUT2D eigenvalue weighted by atomic mass is 32.2. The Bertz CT molecular complexity index is 142. The van der Waals surface area contributed by atoms with E-state index in [1.807, 2.05) is 0 Å². The first-order valence-electron chi connectivity index (χ1n) is 1.71. The van der Waals surface area contributed by atoms with Crippen molar-refractivity contribution < 1.29 is 18.4 Å². The van der Waals surface area contributed by atoms with Gasteiger partial charge in [0.05, 0.1) is 0 Å². The van der Waals surface area contributed by atoms with Gasteiger partial charge in [-0.25, -0.2) is 13.9 Å². The summed E-state index contributed by atoms with van der Waals surface area (Å²) >= 11 is 0. The standard InChI is InChI=1S/C2H5NO4S/c4-2(3-5)1-8(6)7/h5,8H,1H2,(H,3,4). The van der Waals surface area contributed by atoms with Gasteiger partial charge in [-0.15, -0.1) is 0 Å². The first-order chi connectivity index (χ1) is 3.66. The van der Waals surface area contributed by atoms with Crippen molar-refractivity contribution in [2.75, 3.05) is 5.75 Å². The molecule has 2 N–H and O–H groups in total. The molecule has 0 heterocycles. The Hall–Kier alpha value is -0.620. The second-order valence-electron chi connectivity index (χ2n) is 1.03. The van der Waals surface area contributed by atoms with Crippen LogP contribution in [0.4, 0.5) is 0 Å². The fraction of sp³-hybridized carbons (Fsp3) is 0.500. The third-order valence-corrected chi connectivity index (χ3v) is 0.943. The van der Waals surface area contributed by atoms with Crippen molar-refractivity contribution in [2.24, 2.45) is 0 Å². The highest BCUT2D eigenvalue weighted by Crippen LogP contribution is 1.63. The Morgan fingerprint density at radius 3 is 2.25 bits per heavy atom. The molecule has 0 unspecified atom stereocenters. The predicted molar refractivity (Wildman–Crippen MR) is 25.1 cm³/mol. The number of carbonyl (C=O) groups is 1. The lowest BCUT2D eigenvalue weighted by Crippen LogP contribution is -2.22. The van der Waals surface area contributed by atoms with Crippen LogP contribution in [0.15, 0.2) is 0 Å². The van der Waals surface area contributed by atoms with Crippen molar-refractivity contribution >= 4 is 16.6 Å². The van der Waals surface area contributed by atoms with E-state index in [4.69, 9.17) is 5.21 Å². The summed E-state index contributed by atoms with van der Waals surface area (Å²) in [6, 6.07) is 0. The summed E-state index contributed by atoms with van der Waals surface area (Å²) < 4.78 is 19.3. The Morgan fingerprint density at radius 1 is 1.62 bits per heavy atom. The van der Waals surface area contributed by atoms with E-state index in [1.54, 1.807) is 0 Å². The van der Waals surface area contributed by atoms with Gasteiger partial charge in [-0.05, 0) is 0 Å². The minimum absolute atomic E-state index is 0.661. The molecule has 6 heteroatoms. The Morgan fingerprint density at radius 2 is 2.12 bits per heavy atom. The average Bonchev–Trinajstić information content (AvgIpc) is 1.65. The first-order valence-corrected chi connectivity index (χ1v) is 3.08. The maximum atomic E-state index is 9.88. The molecule has 48 valence electrons. The second-order valence-corrected chi connectivity index (χ2v) is 2.01. The van der Waals surface area contributed by atoms with E-state index in [0.717, 1.165) is 0 Å². The van der Waals surface area contributed by atoms with Crippen LogP contribution in [0.3, 0.4) is 0 Å². The number of hydroxylamine groups is 1. The highest BCUT2D eigenvalue weighted by molar-refractivity contribution is 7.73. The first kappa shape index (κ1) is 7.38. The molecule has 0 saturated heterocycles. The summed E-state index contributed by atoms with van der Waals surface area (Å²) in [6.07, 6.45) is 0. The molecule has 0 rings (SSSR count). The predicted octanol–water partition coefficient (Wildman–Crippen LogP) is -1.90. The van der Waals surface area contributed by atoms with Gasteiger partial charge in [-0.3, -0.25) is 10.0 Å². The molecule has 0 saturated carbocycles. The molecule has 0 radical (unpaired) electrons. The van der Waals surface area contributed by atoms with Gasteiger partial charge in [0.25, 0.3) is 5.91 Å². The largest absolute Gasteiger partial charge is 0.289 e. The number of carbonyl (C=O) groups excluding carboxylic acids is 1. The molecule has 0 aliphatic heterocycles. The fourth-order valence-corrected chi connectivity index (χ4v) is 0.458. The molecule has 0 aliphatic carbocycles. The monoisotopic (exact) mass is 139 g/mol. The number of hydrogen-bond donors (Lipinski definition) is 3. The smallest absolute Gasteiger partial charge is 0.258 e. The van der Waals surface area contributed by atoms with Crippen molar-refractivity contribution in [1.82, 2.24) is 5.48 Å². The zero-order valence-corrected chi connectivity index (χ0v) is 4.72. The van der Waals surface area contributed by atoms with Crippen LogP contribution in [-0.4, -0.2) is 25.3 Å². The summed E-state index contributed by atoms with van der Waals surface area (Å²) in [4.78, 5) is 9.88. The molecule has 0 fully saturated rings. The molecular weight excluding hydrogens is 134 g/mol. The molecule has 0 aromatic heterocycles. The van der Waals surface area contributed by atoms with Crippen LogP contribution in [0.25, 0.3) is 0 Å². The maximum absolute atomic E-state index is 9.88. The van der Waals surface area contributed by atoms with Crippen molar-refractivity contribution in [3.05, 3.63) is 0 Å². The SMILES string of the molecule is O=C(C[SH](=O)=O)NO. The van der Waals surface area contributed by atoms with Gasteiger partial charge in [0.2, 0.25) is 0 Å². The zero-order valence-electron chi connectivity index (χ0n) is 3.83. The molecule has 5 nitrogen and oxygen atoms in total. The van der Waals surface area contributed by atoms with Crippen LogP contribution >= 0.6 is 0 Å². The summed E-state index contributed by atoms with van der Waals surface area (Å²) in [5.74, 6) is -1.58. The van der Waals surface area contributed by atoms with Gasteiger partial charge in [0.1, 0.15) is 16.5 Å². The van der Waals surface area contributed by atoms with Gasteiger partial charge in [-0.1, -0.05) is 0 Å². The summed E-state index contributed by atoms with van der Waals surface area (Å²) in [5, 5.41) is 7.72. The lowest BCUT2D eigenvalue weighted by atomic mass is 10.8. The zero-order chi connectivity index (χ0) is 6.57. The van der Waals surface area contributed by atoms with E-state index in [9.17, 15) is 13.2 Å². The molecule has 0 aromatic carbocycles. The highest BCUT2D eigenvalue weighted by Gasteiger charge is 1.97. The van der Waals surface area contributed by atoms with E-state index < -0.39 is 22.4 Å². The van der Waals surface area contributed by atoms with Crippen molar-refractivity contribution in [2.45, 2.75) is 0 Å². The van der Waals surface area contributed by atoms with Crippen molar-refractivity contribution in [1.29, 1.82) is 0 Å². The lowest BCUT2D eigenvalue weighted by Gasteiger charge is -1.86. The van der Waals surface area contributed by atoms with Gasteiger partial charge >= 0.3 is 0 Å². The Balaban J connectivity index is 3.56. The normalized spacial score (nSPS) is 9.25. The number of nitrogens with one attached hydrogen (secondary N) is 1. The van der Waals surface area contributed by atoms with E-state index in [1.165, 1.54) is 5.48 Å². The third kappa shape index (κ3) is 3.57. The Labute approximate surface area is 47.2 Å². The number of amides is 1. The number of hydrogen-bond acceptors (Lipinski definition) is 4. The molecule has 0 aromatic rings. The van der Waals surface area contributed by atoms with Gasteiger partial charge in [0, 0.05) is 0 Å². The summed E-state index contributed by atoms with van der Waals surface area (Å²) in [7, 11) is -2.72. The fourth-order valence-electron chi connectivity index (χ4n) is 0.153. The minimum atomic E-state index is -2.72. The van der Waals surface area contributed by atoms with Gasteiger partial charge < -0.3 is 0 Å². The topological polar surface area (TPSA) is 83.5 Å². The maximum Gasteiger partial charge on any atom is 0.258 e. The van der Waals surface area contributed by atoms with Crippen LogP contribution < -0.4 is 5.48 Å². The summed E-state index contributed by atoms with van der Waals surface area (Å²) in [5.41, 5.74) is 1.17. The minimum Gasteiger partial charge on any atom is -0.289 e. The molecular formula is C2H5NO4S. The van der Waals surface area contributed by atoms with Crippen LogP contribution in [-0.2, 0) is 15.5 Å². The molecule has 0 bridgehead atoms. The van der Waals surface area contributed by atoms with Crippen LogP contribution in [0, 0.1) is 0 Å². The quantitative estimate of drug-likeness (QED) is 0.237. The third-order valence-electron chi connectivity index (χ3n) is 0.397. The number of rotatable bonds is 2. The second kappa shape index (κ2) is 3.39. The van der Waals surface area contributed by atoms with Crippen molar-refractivity contribution in [3.8, 4) is 0 Å². The van der Waals surface area contributed by atoms with E-state index >= 15 is 0 Å². The Kier molecular flexibility index (Phi) is 3.13. The van der Waals surface area contributed by atoms with Crippen LogP contribution in [0.5, 0.6) is 0 Å². The molecule has 1 amide bonds. The van der Waals surface area contributed by atoms with E-state index in [2.05, 4.69) is 0 Å². The summed E-state index contributed by atoms with van der Waals surface area (Å²) in [6.45, 7) is 0. The average molecular weight is 139 g/mol. The molecule has 0 aliphatic rings. The van der Waals surface area contributed by atoms with Crippen molar-refractivity contribution in [3.63, 3.8) is 0 Å².